The number of hydrogen-bond donors (Lipinski definition) is 1. The molecule has 0 saturated heterocycles. The van der Waals surface area contributed by atoms with E-state index in [-0.39, 0.29) is 5.69 Å². The molecule has 2 aromatic carbocycles. The molecule has 126 valence electrons. The van der Waals surface area contributed by atoms with Crippen LogP contribution in [0.2, 0.25) is 0 Å². The minimum absolute atomic E-state index is 0.00563. The molecule has 0 aliphatic rings. The van der Waals surface area contributed by atoms with Crippen LogP contribution in [-0.2, 0) is 0 Å². The zero-order chi connectivity index (χ0) is 17.6. The van der Waals surface area contributed by atoms with Crippen LogP contribution in [0.3, 0.4) is 0 Å². The second kappa shape index (κ2) is 7.63. The van der Waals surface area contributed by atoms with Crippen LogP contribution in [0.1, 0.15) is 0 Å². The highest BCUT2D eigenvalue weighted by Gasteiger charge is 2.06. The van der Waals surface area contributed by atoms with Gasteiger partial charge in [0.05, 0.1) is 4.92 Å². The van der Waals surface area contributed by atoms with Crippen LogP contribution in [0.25, 0.3) is 0 Å². The number of hydrogen-bond acceptors (Lipinski definition) is 7. The lowest BCUT2D eigenvalue weighted by Gasteiger charge is -2.08. The second-order valence-corrected chi connectivity index (χ2v) is 5.83. The predicted molar refractivity (Wildman–Crippen MR) is 96.7 cm³/mol. The minimum atomic E-state index is -0.460. The zero-order valence-electron chi connectivity index (χ0n) is 13.2. The van der Waals surface area contributed by atoms with Gasteiger partial charge in [-0.2, -0.15) is 0 Å². The predicted octanol–water partition coefficient (Wildman–Crippen LogP) is 4.64. The molecule has 25 heavy (non-hydrogen) atoms. The van der Waals surface area contributed by atoms with E-state index >= 15 is 0 Å². The molecule has 7 nitrogen and oxygen atoms in total. The van der Waals surface area contributed by atoms with Crippen LogP contribution < -0.4 is 10.1 Å². The first-order valence-electron chi connectivity index (χ1n) is 7.29. The average Bonchev–Trinajstić information content (AvgIpc) is 2.63. The Hall–Kier alpha value is -3.13. The van der Waals surface area contributed by atoms with E-state index in [0.29, 0.717) is 17.4 Å². The molecule has 0 atom stereocenters. The molecule has 0 bridgehead atoms. The molecule has 0 amide bonds. The van der Waals surface area contributed by atoms with E-state index in [1.165, 1.54) is 35.5 Å². The van der Waals surface area contributed by atoms with E-state index in [4.69, 9.17) is 4.74 Å². The summed E-state index contributed by atoms with van der Waals surface area (Å²) < 4.78 is 5.61. The number of ether oxygens (including phenoxy) is 1. The van der Waals surface area contributed by atoms with Gasteiger partial charge in [0, 0.05) is 28.8 Å². The van der Waals surface area contributed by atoms with Crippen molar-refractivity contribution in [3.05, 3.63) is 71.0 Å². The van der Waals surface area contributed by atoms with E-state index in [1.54, 1.807) is 17.8 Å². The molecule has 0 aliphatic carbocycles. The number of nitrogens with zero attached hydrogens (tertiary/aromatic N) is 3. The maximum Gasteiger partial charge on any atom is 0.269 e. The highest BCUT2D eigenvalue weighted by atomic mass is 32.2. The summed E-state index contributed by atoms with van der Waals surface area (Å²) in [6.07, 6.45) is 3.41. The summed E-state index contributed by atoms with van der Waals surface area (Å²) in [5.41, 5.74) is 0.906. The van der Waals surface area contributed by atoms with Gasteiger partial charge in [-0.15, -0.1) is 11.8 Å². The minimum Gasteiger partial charge on any atom is -0.439 e. The molecule has 0 spiro atoms. The monoisotopic (exact) mass is 354 g/mol. The van der Waals surface area contributed by atoms with Crippen molar-refractivity contribution >= 4 is 29.0 Å². The molecule has 3 rings (SSSR count). The first-order chi connectivity index (χ1) is 12.1. The third kappa shape index (κ3) is 4.45. The van der Waals surface area contributed by atoms with E-state index < -0.39 is 4.92 Å². The maximum absolute atomic E-state index is 10.7. The molecular weight excluding hydrogens is 340 g/mol. The van der Waals surface area contributed by atoms with Crippen LogP contribution in [0.4, 0.5) is 17.2 Å². The molecule has 0 fully saturated rings. The number of benzene rings is 2. The number of thioether (sulfide) groups is 1. The fraction of sp³-hybridized carbons (Fsp3) is 0.0588. The first kappa shape index (κ1) is 16.7. The van der Waals surface area contributed by atoms with E-state index in [9.17, 15) is 10.1 Å². The highest BCUT2D eigenvalue weighted by molar-refractivity contribution is 7.98. The first-order valence-corrected chi connectivity index (χ1v) is 8.52. The number of nitrogens with one attached hydrogen (secondary N) is 1. The Morgan fingerprint density at radius 1 is 1.08 bits per heavy atom. The SMILES string of the molecule is CSc1ccc(Nc2cc(Oc3ccc([N+](=O)[O-])cc3)ncn2)cc1. The van der Waals surface area contributed by atoms with Crippen molar-refractivity contribution in [3.8, 4) is 11.6 Å². The Bertz CT molecular complexity index is 870. The quantitative estimate of drug-likeness (QED) is 0.391. The lowest BCUT2D eigenvalue weighted by atomic mass is 10.3. The van der Waals surface area contributed by atoms with Gasteiger partial charge in [-0.1, -0.05) is 0 Å². The normalized spacial score (nSPS) is 10.3. The summed E-state index contributed by atoms with van der Waals surface area (Å²) in [5.74, 6) is 1.38. The highest BCUT2D eigenvalue weighted by Crippen LogP contribution is 2.25. The van der Waals surface area contributed by atoms with Gasteiger partial charge in [-0.3, -0.25) is 10.1 Å². The van der Waals surface area contributed by atoms with Gasteiger partial charge in [0.25, 0.3) is 5.69 Å². The summed E-state index contributed by atoms with van der Waals surface area (Å²) in [6, 6.07) is 15.4. The van der Waals surface area contributed by atoms with Crippen molar-refractivity contribution in [1.82, 2.24) is 9.97 Å². The number of nitro groups is 1. The standard InChI is InChI=1S/C17H14N4O3S/c1-25-15-8-2-12(3-9-15)20-16-10-17(19-11-18-16)24-14-6-4-13(5-7-14)21(22)23/h2-11H,1H3,(H,18,19,20). The molecular formula is C17H14N4O3S. The van der Waals surface area contributed by atoms with E-state index in [2.05, 4.69) is 15.3 Å². The molecule has 1 aromatic heterocycles. The third-order valence-corrected chi connectivity index (χ3v) is 4.02. The number of rotatable bonds is 6. The molecule has 0 saturated carbocycles. The van der Waals surface area contributed by atoms with Gasteiger partial charge >= 0.3 is 0 Å². The van der Waals surface area contributed by atoms with Gasteiger partial charge in [0.15, 0.2) is 0 Å². The molecule has 0 aliphatic heterocycles. The van der Waals surface area contributed by atoms with E-state index in [1.807, 2.05) is 30.5 Å². The van der Waals surface area contributed by atoms with Crippen molar-refractivity contribution in [2.75, 3.05) is 11.6 Å². The average molecular weight is 354 g/mol. The van der Waals surface area contributed by atoms with Crippen molar-refractivity contribution in [3.63, 3.8) is 0 Å². The second-order valence-electron chi connectivity index (χ2n) is 4.95. The van der Waals surface area contributed by atoms with Gasteiger partial charge < -0.3 is 10.1 Å². The number of nitro benzene ring substituents is 1. The van der Waals surface area contributed by atoms with Gasteiger partial charge in [0.1, 0.15) is 17.9 Å². The third-order valence-electron chi connectivity index (χ3n) is 3.27. The van der Waals surface area contributed by atoms with Crippen molar-refractivity contribution in [2.24, 2.45) is 0 Å². The fourth-order valence-corrected chi connectivity index (χ4v) is 2.45. The summed E-state index contributed by atoms with van der Waals surface area (Å²) in [7, 11) is 0. The smallest absolute Gasteiger partial charge is 0.269 e. The molecule has 1 N–H and O–H groups in total. The molecule has 0 unspecified atom stereocenters. The largest absolute Gasteiger partial charge is 0.439 e. The van der Waals surface area contributed by atoms with Crippen molar-refractivity contribution in [2.45, 2.75) is 4.90 Å². The Labute approximate surface area is 148 Å². The Kier molecular flexibility index (Phi) is 5.10. The summed E-state index contributed by atoms with van der Waals surface area (Å²) in [4.78, 5) is 19.6. The van der Waals surface area contributed by atoms with E-state index in [0.717, 1.165) is 5.69 Å². The molecule has 8 heteroatoms. The number of non-ortho nitro benzene ring substituents is 1. The van der Waals surface area contributed by atoms with Gasteiger partial charge in [0.2, 0.25) is 5.88 Å². The van der Waals surface area contributed by atoms with Crippen molar-refractivity contribution in [1.29, 1.82) is 0 Å². The lowest BCUT2D eigenvalue weighted by Crippen LogP contribution is -1.96. The molecule has 1 heterocycles. The van der Waals surface area contributed by atoms with Crippen LogP contribution in [-0.4, -0.2) is 21.1 Å². The molecule has 0 radical (unpaired) electrons. The van der Waals surface area contributed by atoms with Gasteiger partial charge in [-0.05, 0) is 42.7 Å². The number of anilines is 2. The number of aromatic nitrogens is 2. The van der Waals surface area contributed by atoms with Gasteiger partial charge in [-0.25, -0.2) is 9.97 Å². The van der Waals surface area contributed by atoms with Crippen LogP contribution >= 0.6 is 11.8 Å². The van der Waals surface area contributed by atoms with Crippen molar-refractivity contribution < 1.29 is 9.66 Å². The summed E-state index contributed by atoms with van der Waals surface area (Å²) >= 11 is 1.67. The summed E-state index contributed by atoms with van der Waals surface area (Å²) in [5, 5.41) is 13.8. The Balaban J connectivity index is 1.71. The topological polar surface area (TPSA) is 90.2 Å². The van der Waals surface area contributed by atoms with Crippen LogP contribution in [0, 0.1) is 10.1 Å². The van der Waals surface area contributed by atoms with Crippen LogP contribution in [0.5, 0.6) is 11.6 Å². The zero-order valence-corrected chi connectivity index (χ0v) is 14.1. The Morgan fingerprint density at radius 3 is 2.44 bits per heavy atom. The summed E-state index contributed by atoms with van der Waals surface area (Å²) in [6.45, 7) is 0. The van der Waals surface area contributed by atoms with Crippen LogP contribution in [0.15, 0.2) is 65.8 Å². The Morgan fingerprint density at radius 2 is 1.80 bits per heavy atom. The maximum atomic E-state index is 10.7. The fourth-order valence-electron chi connectivity index (χ4n) is 2.04. The molecule has 3 aromatic rings. The lowest BCUT2D eigenvalue weighted by molar-refractivity contribution is -0.384.